The second kappa shape index (κ2) is 10.1. The van der Waals surface area contributed by atoms with Crippen molar-refractivity contribution in [3.63, 3.8) is 0 Å². The Hall–Kier alpha value is -4.67. The summed E-state index contributed by atoms with van der Waals surface area (Å²) in [5.41, 5.74) is 0.954. The van der Waals surface area contributed by atoms with Gasteiger partial charge in [-0.2, -0.15) is 4.98 Å². The second-order valence-corrected chi connectivity index (χ2v) is 8.49. The van der Waals surface area contributed by atoms with E-state index in [0.717, 1.165) is 5.56 Å². The van der Waals surface area contributed by atoms with E-state index in [-0.39, 0.29) is 18.9 Å². The van der Waals surface area contributed by atoms with Crippen molar-refractivity contribution in [2.75, 3.05) is 13.3 Å². The highest BCUT2D eigenvalue weighted by Gasteiger charge is 2.23. The Labute approximate surface area is 211 Å². The summed E-state index contributed by atoms with van der Waals surface area (Å²) in [6.45, 7) is 4.28. The predicted molar refractivity (Wildman–Crippen MR) is 133 cm³/mol. The first kappa shape index (κ1) is 24.0. The molecule has 190 valence electrons. The maximum Gasteiger partial charge on any atom is 0.257 e. The van der Waals surface area contributed by atoms with Gasteiger partial charge in [0.05, 0.1) is 10.9 Å². The van der Waals surface area contributed by atoms with E-state index in [4.69, 9.17) is 14.0 Å². The molecule has 0 fully saturated rings. The molecule has 11 nitrogen and oxygen atoms in total. The lowest BCUT2D eigenvalue weighted by Crippen LogP contribution is -2.46. The smallest absolute Gasteiger partial charge is 0.257 e. The van der Waals surface area contributed by atoms with E-state index >= 15 is 0 Å². The number of rotatable bonds is 8. The highest BCUT2D eigenvalue weighted by Crippen LogP contribution is 2.35. The van der Waals surface area contributed by atoms with Crippen LogP contribution in [-0.2, 0) is 17.8 Å². The molecule has 4 aromatic rings. The molecule has 1 unspecified atom stereocenters. The molecule has 0 radical (unpaired) electrons. The number of hydrogen-bond acceptors (Lipinski definition) is 8. The summed E-state index contributed by atoms with van der Waals surface area (Å²) in [5.74, 6) is 0.811. The Morgan fingerprint density at radius 2 is 1.89 bits per heavy atom. The minimum absolute atomic E-state index is 0.0628. The molecule has 0 spiro atoms. The number of aryl methyl sites for hydroxylation is 1. The molecule has 1 aliphatic rings. The number of pyridine rings is 1. The van der Waals surface area contributed by atoms with E-state index < -0.39 is 23.3 Å². The first-order valence-corrected chi connectivity index (χ1v) is 11.9. The molecular weight excluding hydrogens is 478 g/mol. The van der Waals surface area contributed by atoms with Crippen molar-refractivity contribution in [2.24, 2.45) is 0 Å². The number of aromatic nitrogens is 3. The van der Waals surface area contributed by atoms with Crippen molar-refractivity contribution >= 4 is 22.7 Å². The largest absolute Gasteiger partial charge is 0.454 e. The summed E-state index contributed by atoms with van der Waals surface area (Å²) in [4.78, 5) is 43.0. The Kier molecular flexibility index (Phi) is 6.59. The topological polar surface area (TPSA) is 138 Å². The first-order chi connectivity index (χ1) is 17.9. The van der Waals surface area contributed by atoms with Crippen molar-refractivity contribution in [1.82, 2.24) is 25.3 Å². The van der Waals surface area contributed by atoms with Crippen LogP contribution >= 0.6 is 0 Å². The Morgan fingerprint density at radius 3 is 2.65 bits per heavy atom. The average Bonchev–Trinajstić information content (AvgIpc) is 3.58. The van der Waals surface area contributed by atoms with Crippen LogP contribution in [0, 0.1) is 0 Å². The number of benzene rings is 2. The molecule has 1 aliphatic heterocycles. The van der Waals surface area contributed by atoms with Crippen LogP contribution in [0.15, 0.2) is 58.0 Å². The van der Waals surface area contributed by atoms with Crippen molar-refractivity contribution in [3.05, 3.63) is 70.3 Å². The summed E-state index contributed by atoms with van der Waals surface area (Å²) < 4.78 is 17.8. The van der Waals surface area contributed by atoms with Crippen molar-refractivity contribution < 1.29 is 23.6 Å². The van der Waals surface area contributed by atoms with E-state index in [1.165, 1.54) is 6.20 Å². The molecule has 2 N–H and O–H groups in total. The standard InChI is InChI=1S/C26H25N5O6/c1-3-31-13-18(23(32)17-11-20-21(12-19(17)31)36-14-35-20)26(34)28-15(2)25(33)27-10-9-22-29-24(30-37-22)16-7-5-4-6-8-16/h4-8,11-13,15H,3,9-10,14H2,1-2H3,(H,27,33)(H,28,34). The van der Waals surface area contributed by atoms with Gasteiger partial charge in [0.1, 0.15) is 11.6 Å². The summed E-state index contributed by atoms with van der Waals surface area (Å²) in [6.07, 6.45) is 1.82. The molecule has 0 saturated carbocycles. The Balaban J connectivity index is 1.22. The number of hydrogen-bond donors (Lipinski definition) is 2. The van der Waals surface area contributed by atoms with Crippen LogP contribution in [0.25, 0.3) is 22.3 Å². The van der Waals surface area contributed by atoms with Gasteiger partial charge in [-0.1, -0.05) is 35.5 Å². The molecule has 0 saturated heterocycles. The lowest BCUT2D eigenvalue weighted by molar-refractivity contribution is -0.122. The summed E-state index contributed by atoms with van der Waals surface area (Å²) >= 11 is 0. The minimum Gasteiger partial charge on any atom is -0.454 e. The maximum atomic E-state index is 13.1. The molecule has 0 aliphatic carbocycles. The van der Waals surface area contributed by atoms with Crippen LogP contribution in [0.3, 0.4) is 0 Å². The van der Waals surface area contributed by atoms with Crippen LogP contribution < -0.4 is 25.5 Å². The zero-order valence-electron chi connectivity index (χ0n) is 20.3. The normalized spacial score (nSPS) is 12.9. The minimum atomic E-state index is -0.878. The fourth-order valence-electron chi connectivity index (χ4n) is 4.05. The molecule has 37 heavy (non-hydrogen) atoms. The number of carbonyl (C=O) groups excluding carboxylic acids is 2. The zero-order valence-corrected chi connectivity index (χ0v) is 20.3. The highest BCUT2D eigenvalue weighted by atomic mass is 16.7. The van der Waals surface area contributed by atoms with Crippen LogP contribution in [0.5, 0.6) is 11.5 Å². The lowest BCUT2D eigenvalue weighted by atomic mass is 10.1. The average molecular weight is 504 g/mol. The second-order valence-electron chi connectivity index (χ2n) is 8.49. The van der Waals surface area contributed by atoms with E-state index in [9.17, 15) is 14.4 Å². The third-order valence-electron chi connectivity index (χ3n) is 6.04. The number of amides is 2. The number of nitrogens with one attached hydrogen (secondary N) is 2. The van der Waals surface area contributed by atoms with Gasteiger partial charge in [-0.25, -0.2) is 0 Å². The van der Waals surface area contributed by atoms with E-state index in [0.29, 0.717) is 47.1 Å². The van der Waals surface area contributed by atoms with Gasteiger partial charge in [0, 0.05) is 37.3 Å². The third-order valence-corrected chi connectivity index (χ3v) is 6.04. The van der Waals surface area contributed by atoms with Crippen LogP contribution in [0.2, 0.25) is 0 Å². The molecular formula is C26H25N5O6. The zero-order chi connectivity index (χ0) is 25.9. The molecule has 2 aromatic carbocycles. The van der Waals surface area contributed by atoms with Crippen molar-refractivity contribution in [1.29, 1.82) is 0 Å². The number of ether oxygens (including phenoxy) is 2. The molecule has 2 amide bonds. The van der Waals surface area contributed by atoms with Gasteiger partial charge in [0.2, 0.25) is 29.8 Å². The van der Waals surface area contributed by atoms with Crippen LogP contribution in [-0.4, -0.2) is 45.9 Å². The van der Waals surface area contributed by atoms with Crippen molar-refractivity contribution in [2.45, 2.75) is 32.9 Å². The van der Waals surface area contributed by atoms with Gasteiger partial charge in [0.25, 0.3) is 5.91 Å². The number of fused-ring (bicyclic) bond motifs is 2. The van der Waals surface area contributed by atoms with Crippen molar-refractivity contribution in [3.8, 4) is 22.9 Å². The van der Waals surface area contributed by atoms with E-state index in [1.54, 1.807) is 23.6 Å². The van der Waals surface area contributed by atoms with Gasteiger partial charge in [0.15, 0.2) is 11.5 Å². The first-order valence-electron chi connectivity index (χ1n) is 11.9. The quantitative estimate of drug-likeness (QED) is 0.374. The van der Waals surface area contributed by atoms with Crippen LogP contribution in [0.1, 0.15) is 30.1 Å². The van der Waals surface area contributed by atoms with Gasteiger partial charge in [-0.05, 0) is 19.9 Å². The lowest BCUT2D eigenvalue weighted by Gasteiger charge is -2.15. The molecule has 5 rings (SSSR count). The van der Waals surface area contributed by atoms with Gasteiger partial charge in [-0.3, -0.25) is 14.4 Å². The molecule has 0 bridgehead atoms. The highest BCUT2D eigenvalue weighted by molar-refractivity contribution is 6.00. The number of nitrogens with zero attached hydrogens (tertiary/aromatic N) is 3. The predicted octanol–water partition coefficient (Wildman–Crippen LogP) is 2.28. The van der Waals surface area contributed by atoms with Gasteiger partial charge >= 0.3 is 0 Å². The van der Waals surface area contributed by atoms with Gasteiger partial charge in [-0.15, -0.1) is 0 Å². The summed E-state index contributed by atoms with van der Waals surface area (Å²) in [5, 5.41) is 9.64. The summed E-state index contributed by atoms with van der Waals surface area (Å²) in [6, 6.07) is 11.8. The van der Waals surface area contributed by atoms with Crippen LogP contribution in [0.4, 0.5) is 0 Å². The van der Waals surface area contributed by atoms with E-state index in [1.807, 2.05) is 37.3 Å². The molecule has 3 heterocycles. The SMILES string of the molecule is CCn1cc(C(=O)NC(C)C(=O)NCCc2nc(-c3ccccc3)no2)c(=O)c2cc3c(cc21)OCO3. The third kappa shape index (κ3) is 4.88. The Bertz CT molecular complexity index is 1530. The Morgan fingerprint density at radius 1 is 1.14 bits per heavy atom. The molecule has 11 heteroatoms. The molecule has 1 atom stereocenters. The fourth-order valence-corrected chi connectivity index (χ4v) is 4.05. The summed E-state index contributed by atoms with van der Waals surface area (Å²) in [7, 11) is 0. The van der Waals surface area contributed by atoms with E-state index in [2.05, 4.69) is 20.8 Å². The van der Waals surface area contributed by atoms with Gasteiger partial charge < -0.3 is 29.2 Å². The monoisotopic (exact) mass is 503 g/mol. The number of carbonyl (C=O) groups is 2. The molecule has 2 aromatic heterocycles. The maximum absolute atomic E-state index is 13.1. The fraction of sp³-hybridized carbons (Fsp3) is 0.269.